The van der Waals surface area contributed by atoms with Gasteiger partial charge < -0.3 is 14.9 Å². The molecule has 6 nitrogen and oxygen atoms in total. The molecule has 0 spiro atoms. The number of benzene rings is 2. The number of ether oxygens (including phenoxy) is 1. The molecule has 0 atom stereocenters. The number of nitrogen functional groups attached to an aromatic ring is 1. The van der Waals surface area contributed by atoms with Gasteiger partial charge in [0.25, 0.3) is 0 Å². The van der Waals surface area contributed by atoms with Crippen LogP contribution in [-0.2, 0) is 6.61 Å². The Morgan fingerprint density at radius 3 is 2.69 bits per heavy atom. The highest BCUT2D eigenvalue weighted by Crippen LogP contribution is 2.14. The average molecular weight is 349 g/mol. The van der Waals surface area contributed by atoms with Gasteiger partial charge in [0, 0.05) is 5.69 Å². The third-order valence-electron chi connectivity index (χ3n) is 3.64. The third-order valence-corrected chi connectivity index (χ3v) is 3.64. The Morgan fingerprint density at radius 2 is 1.92 bits per heavy atom. The average Bonchev–Trinajstić information content (AvgIpc) is 3.14. The molecule has 0 fully saturated rings. The van der Waals surface area contributed by atoms with Crippen molar-refractivity contribution in [2.24, 2.45) is 5.10 Å². The number of carbonyl (C=O) groups excluding carboxylic acids is 1. The van der Waals surface area contributed by atoms with E-state index in [-0.39, 0.29) is 12.4 Å². The highest BCUT2D eigenvalue weighted by Gasteiger charge is 2.11. The number of furan rings is 1. The molecule has 0 unspecified atom stereocenters. The molecule has 0 aliphatic heterocycles. The van der Waals surface area contributed by atoms with Crippen molar-refractivity contribution >= 4 is 17.3 Å². The van der Waals surface area contributed by atoms with E-state index in [2.05, 4.69) is 10.5 Å². The second-order valence-corrected chi connectivity index (χ2v) is 5.63. The van der Waals surface area contributed by atoms with Crippen molar-refractivity contribution in [2.45, 2.75) is 13.5 Å². The van der Waals surface area contributed by atoms with Gasteiger partial charge in [-0.25, -0.2) is 5.43 Å². The molecular weight excluding hydrogens is 330 g/mol. The zero-order chi connectivity index (χ0) is 18.4. The second-order valence-electron chi connectivity index (χ2n) is 5.63. The van der Waals surface area contributed by atoms with E-state index >= 15 is 0 Å². The van der Waals surface area contributed by atoms with Crippen molar-refractivity contribution in [3.63, 3.8) is 0 Å². The maximum absolute atomic E-state index is 12.2. The Hall–Kier alpha value is -3.54. The van der Waals surface area contributed by atoms with Gasteiger partial charge in [0.2, 0.25) is 0 Å². The fraction of sp³-hybridized carbons (Fsp3) is 0.100. The minimum absolute atomic E-state index is 0.167. The lowest BCUT2D eigenvalue weighted by atomic mass is 10.1. The van der Waals surface area contributed by atoms with Gasteiger partial charge in [0.05, 0.1) is 5.71 Å². The molecule has 1 aromatic heterocycles. The number of hydrogen-bond donors (Lipinski definition) is 2. The predicted octanol–water partition coefficient (Wildman–Crippen LogP) is 3.59. The van der Waals surface area contributed by atoms with Crippen molar-refractivity contribution in [3.05, 3.63) is 83.8 Å². The molecule has 3 N–H and O–H groups in total. The Labute approximate surface area is 151 Å². The molecule has 6 heteroatoms. The van der Waals surface area contributed by atoms with E-state index in [0.29, 0.717) is 17.2 Å². The second kappa shape index (κ2) is 8.02. The summed E-state index contributed by atoms with van der Waals surface area (Å²) in [6, 6.07) is 20.0. The van der Waals surface area contributed by atoms with Gasteiger partial charge in [-0.3, -0.25) is 4.79 Å². The first-order valence-corrected chi connectivity index (χ1v) is 8.09. The van der Waals surface area contributed by atoms with Crippen molar-refractivity contribution in [1.29, 1.82) is 0 Å². The zero-order valence-corrected chi connectivity index (χ0v) is 14.3. The first-order chi connectivity index (χ1) is 12.6. The maximum atomic E-state index is 12.2. The van der Waals surface area contributed by atoms with Crippen LogP contribution in [-0.4, -0.2) is 11.6 Å². The number of nitrogens with one attached hydrogen (secondary N) is 1. The van der Waals surface area contributed by atoms with Gasteiger partial charge in [-0.1, -0.05) is 30.3 Å². The van der Waals surface area contributed by atoms with Crippen molar-refractivity contribution < 1.29 is 13.9 Å². The number of amides is 1. The van der Waals surface area contributed by atoms with Crippen LogP contribution in [0.2, 0.25) is 0 Å². The summed E-state index contributed by atoms with van der Waals surface area (Å²) in [4.78, 5) is 12.2. The molecule has 1 amide bonds. The lowest BCUT2D eigenvalue weighted by Crippen LogP contribution is -2.18. The normalized spacial score (nSPS) is 11.2. The molecule has 0 aliphatic carbocycles. The van der Waals surface area contributed by atoms with Gasteiger partial charge in [-0.15, -0.1) is 0 Å². The number of para-hydroxylation sites is 1. The minimum Gasteiger partial charge on any atom is -0.486 e. The smallest absolute Gasteiger partial charge is 0.307 e. The molecule has 1 heterocycles. The zero-order valence-electron chi connectivity index (χ0n) is 14.3. The summed E-state index contributed by atoms with van der Waals surface area (Å²) in [7, 11) is 0. The molecule has 0 radical (unpaired) electrons. The van der Waals surface area contributed by atoms with Crippen LogP contribution >= 0.6 is 0 Å². The Bertz CT molecular complexity index is 917. The lowest BCUT2D eigenvalue weighted by molar-refractivity contribution is 0.0923. The number of carbonyl (C=O) groups is 1. The molecule has 132 valence electrons. The lowest BCUT2D eigenvalue weighted by Gasteiger charge is -2.04. The van der Waals surface area contributed by atoms with Crippen LogP contribution in [0.1, 0.15) is 28.8 Å². The van der Waals surface area contributed by atoms with E-state index < -0.39 is 5.91 Å². The largest absolute Gasteiger partial charge is 0.486 e. The fourth-order valence-corrected chi connectivity index (χ4v) is 2.27. The molecule has 26 heavy (non-hydrogen) atoms. The van der Waals surface area contributed by atoms with Crippen LogP contribution in [0.5, 0.6) is 5.75 Å². The molecule has 0 bridgehead atoms. The van der Waals surface area contributed by atoms with Gasteiger partial charge >= 0.3 is 5.91 Å². The van der Waals surface area contributed by atoms with E-state index in [1.54, 1.807) is 31.2 Å². The first-order valence-electron chi connectivity index (χ1n) is 8.09. The van der Waals surface area contributed by atoms with Gasteiger partial charge in [-0.2, -0.15) is 5.10 Å². The Kier molecular flexibility index (Phi) is 5.34. The van der Waals surface area contributed by atoms with Gasteiger partial charge in [0.15, 0.2) is 5.76 Å². The van der Waals surface area contributed by atoms with Crippen molar-refractivity contribution in [2.75, 3.05) is 5.73 Å². The summed E-state index contributed by atoms with van der Waals surface area (Å²) in [6.45, 7) is 2.03. The maximum Gasteiger partial charge on any atom is 0.307 e. The predicted molar refractivity (Wildman–Crippen MR) is 100 cm³/mol. The van der Waals surface area contributed by atoms with Crippen LogP contribution in [0.4, 0.5) is 5.69 Å². The van der Waals surface area contributed by atoms with E-state index in [1.165, 1.54) is 0 Å². The SMILES string of the molecule is C/C(=N/NC(=O)c1ccc(COc2ccccc2)o1)c1cccc(N)c1. The number of hydrazone groups is 1. The molecule has 0 aliphatic rings. The summed E-state index contributed by atoms with van der Waals surface area (Å²) >= 11 is 0. The number of anilines is 1. The number of rotatable bonds is 6. The van der Waals surface area contributed by atoms with E-state index in [4.69, 9.17) is 14.9 Å². The monoisotopic (exact) mass is 349 g/mol. The van der Waals surface area contributed by atoms with Crippen molar-refractivity contribution in [1.82, 2.24) is 5.43 Å². The molecule has 0 saturated carbocycles. The molecule has 3 aromatic rings. The van der Waals surface area contributed by atoms with E-state index in [9.17, 15) is 4.79 Å². The minimum atomic E-state index is -0.431. The van der Waals surface area contributed by atoms with Crippen LogP contribution in [0, 0.1) is 0 Å². The summed E-state index contributed by atoms with van der Waals surface area (Å²) in [5.41, 5.74) is 10.3. The number of nitrogens with two attached hydrogens (primary N) is 1. The standard InChI is InChI=1S/C20H19N3O3/c1-14(15-6-5-7-16(21)12-15)22-23-20(24)19-11-10-18(26-19)13-25-17-8-3-2-4-9-17/h2-12H,13,21H2,1H3,(H,23,24)/b22-14-. The number of nitrogens with zero attached hydrogens (tertiary/aromatic N) is 1. The van der Waals surface area contributed by atoms with Crippen LogP contribution in [0.3, 0.4) is 0 Å². The Morgan fingerprint density at radius 1 is 1.12 bits per heavy atom. The fourth-order valence-electron chi connectivity index (χ4n) is 2.27. The molecule has 2 aromatic carbocycles. The molecule has 0 saturated heterocycles. The van der Waals surface area contributed by atoms with Crippen LogP contribution in [0.15, 0.2) is 76.2 Å². The summed E-state index contributed by atoms with van der Waals surface area (Å²) in [6.07, 6.45) is 0. The summed E-state index contributed by atoms with van der Waals surface area (Å²) < 4.78 is 11.1. The quantitative estimate of drug-likeness (QED) is 0.404. The molecule has 3 rings (SSSR count). The van der Waals surface area contributed by atoms with Crippen molar-refractivity contribution in [3.8, 4) is 5.75 Å². The number of hydrogen-bond acceptors (Lipinski definition) is 5. The first kappa shape index (κ1) is 17.3. The van der Waals surface area contributed by atoms with Gasteiger partial charge in [-0.05, 0) is 48.9 Å². The van der Waals surface area contributed by atoms with Gasteiger partial charge in [0.1, 0.15) is 18.1 Å². The topological polar surface area (TPSA) is 89.8 Å². The van der Waals surface area contributed by atoms with Crippen LogP contribution in [0.25, 0.3) is 0 Å². The van der Waals surface area contributed by atoms with Crippen LogP contribution < -0.4 is 15.9 Å². The highest BCUT2D eigenvalue weighted by molar-refractivity contribution is 6.00. The summed E-state index contributed by atoms with van der Waals surface area (Å²) in [5.74, 6) is 1.02. The van der Waals surface area contributed by atoms with E-state index in [1.807, 2.05) is 42.5 Å². The van der Waals surface area contributed by atoms with E-state index in [0.717, 1.165) is 11.3 Å². The Balaban J connectivity index is 1.58. The third kappa shape index (κ3) is 4.51. The molecular formula is C20H19N3O3. The highest BCUT2D eigenvalue weighted by atomic mass is 16.5. The summed E-state index contributed by atoms with van der Waals surface area (Å²) in [5, 5.41) is 4.08.